The molecule has 0 saturated carbocycles. The quantitative estimate of drug-likeness (QED) is 0.828. The number of anilines is 1. The summed E-state index contributed by atoms with van der Waals surface area (Å²) in [6, 6.07) is 3.72. The van der Waals surface area contributed by atoms with Gasteiger partial charge in [0.2, 0.25) is 5.76 Å². The molecule has 0 atom stereocenters. The summed E-state index contributed by atoms with van der Waals surface area (Å²) in [7, 11) is 0. The van der Waals surface area contributed by atoms with Gasteiger partial charge in [0.25, 0.3) is 5.91 Å². The average Bonchev–Trinajstić information content (AvgIpc) is 2.56. The number of halogens is 1. The van der Waals surface area contributed by atoms with E-state index in [1.54, 1.807) is 18.0 Å². The van der Waals surface area contributed by atoms with Crippen LogP contribution in [0.5, 0.6) is 0 Å². The van der Waals surface area contributed by atoms with Crippen molar-refractivity contribution in [1.82, 2.24) is 9.88 Å². The number of aromatic nitrogens is 1. The highest BCUT2D eigenvalue weighted by molar-refractivity contribution is 6.30. The third kappa shape index (κ3) is 3.11. The molecule has 22 heavy (non-hydrogen) atoms. The summed E-state index contributed by atoms with van der Waals surface area (Å²) in [4.78, 5) is 20.7. The molecule has 1 saturated heterocycles. The monoisotopic (exact) mass is 323 g/mol. The molecule has 2 aliphatic rings. The standard InChI is InChI=1S/C15H18ClN3O3/c1-11-14(22-9-8-21-11)15(20)19-6-4-18(5-7-19)13-3-2-12(16)10-17-13/h2-3,10H,4-9H2,1H3. The molecule has 3 rings (SSSR count). The van der Waals surface area contributed by atoms with Crippen molar-refractivity contribution in [2.75, 3.05) is 44.3 Å². The zero-order chi connectivity index (χ0) is 15.5. The van der Waals surface area contributed by atoms with E-state index in [2.05, 4.69) is 9.88 Å². The number of nitrogens with zero attached hydrogens (tertiary/aromatic N) is 3. The Balaban J connectivity index is 1.62. The van der Waals surface area contributed by atoms with E-state index in [-0.39, 0.29) is 5.91 Å². The number of piperazine rings is 1. The van der Waals surface area contributed by atoms with Crippen LogP contribution < -0.4 is 4.90 Å². The minimum absolute atomic E-state index is 0.0964. The number of hydrogen-bond acceptors (Lipinski definition) is 5. The highest BCUT2D eigenvalue weighted by Crippen LogP contribution is 2.19. The first-order valence-corrected chi connectivity index (χ1v) is 7.65. The van der Waals surface area contributed by atoms with Crippen molar-refractivity contribution < 1.29 is 14.3 Å². The average molecular weight is 324 g/mol. The van der Waals surface area contributed by atoms with Gasteiger partial charge in [-0.05, 0) is 19.1 Å². The zero-order valence-electron chi connectivity index (χ0n) is 12.4. The summed E-state index contributed by atoms with van der Waals surface area (Å²) < 4.78 is 10.8. The van der Waals surface area contributed by atoms with Crippen LogP contribution in [0.4, 0.5) is 5.82 Å². The molecule has 6 nitrogen and oxygen atoms in total. The predicted molar refractivity (Wildman–Crippen MR) is 82.6 cm³/mol. The van der Waals surface area contributed by atoms with E-state index in [1.165, 1.54) is 0 Å². The van der Waals surface area contributed by atoms with Gasteiger partial charge < -0.3 is 19.3 Å². The Morgan fingerprint density at radius 1 is 1.18 bits per heavy atom. The van der Waals surface area contributed by atoms with Gasteiger partial charge in [0.1, 0.15) is 24.8 Å². The summed E-state index contributed by atoms with van der Waals surface area (Å²) in [5, 5.41) is 0.620. The van der Waals surface area contributed by atoms with Crippen molar-refractivity contribution in [2.24, 2.45) is 0 Å². The number of amides is 1. The lowest BCUT2D eigenvalue weighted by atomic mass is 10.2. The van der Waals surface area contributed by atoms with E-state index in [1.807, 2.05) is 12.1 Å². The second-order valence-corrected chi connectivity index (χ2v) is 5.63. The van der Waals surface area contributed by atoms with Crippen LogP contribution in [0.3, 0.4) is 0 Å². The summed E-state index contributed by atoms with van der Waals surface area (Å²) in [6.07, 6.45) is 1.63. The lowest BCUT2D eigenvalue weighted by Crippen LogP contribution is -2.50. The molecular weight excluding hydrogens is 306 g/mol. The Hall–Kier alpha value is -1.95. The van der Waals surface area contributed by atoms with E-state index in [0.717, 1.165) is 18.9 Å². The van der Waals surface area contributed by atoms with Crippen molar-refractivity contribution in [3.05, 3.63) is 34.9 Å². The second kappa shape index (κ2) is 6.44. The molecule has 1 aromatic rings. The number of hydrogen-bond donors (Lipinski definition) is 0. The number of ether oxygens (including phenoxy) is 2. The van der Waals surface area contributed by atoms with Crippen LogP contribution in [0.25, 0.3) is 0 Å². The molecule has 2 aliphatic heterocycles. The van der Waals surface area contributed by atoms with E-state index < -0.39 is 0 Å². The molecular formula is C15H18ClN3O3. The molecule has 0 aliphatic carbocycles. The minimum Gasteiger partial charge on any atom is -0.491 e. The lowest BCUT2D eigenvalue weighted by molar-refractivity contribution is -0.133. The number of pyridine rings is 1. The highest BCUT2D eigenvalue weighted by atomic mass is 35.5. The molecule has 1 amide bonds. The molecule has 0 N–H and O–H groups in total. The first-order chi connectivity index (χ1) is 10.6. The molecule has 0 spiro atoms. The van der Waals surface area contributed by atoms with Crippen LogP contribution in [0.1, 0.15) is 6.92 Å². The third-order valence-electron chi connectivity index (χ3n) is 3.76. The highest BCUT2D eigenvalue weighted by Gasteiger charge is 2.28. The maximum absolute atomic E-state index is 12.5. The van der Waals surface area contributed by atoms with Crippen molar-refractivity contribution in [2.45, 2.75) is 6.92 Å². The Morgan fingerprint density at radius 2 is 1.91 bits per heavy atom. The van der Waals surface area contributed by atoms with Crippen LogP contribution in [0, 0.1) is 0 Å². The van der Waals surface area contributed by atoms with Crippen molar-refractivity contribution in [3.8, 4) is 0 Å². The molecule has 118 valence electrons. The van der Waals surface area contributed by atoms with Crippen LogP contribution in [0.2, 0.25) is 5.02 Å². The van der Waals surface area contributed by atoms with Gasteiger partial charge in [0.05, 0.1) is 5.02 Å². The smallest absolute Gasteiger partial charge is 0.292 e. The molecule has 1 fully saturated rings. The topological polar surface area (TPSA) is 54.9 Å². The number of rotatable bonds is 2. The Bertz CT molecular complexity index is 580. The fraction of sp³-hybridized carbons (Fsp3) is 0.467. The van der Waals surface area contributed by atoms with Gasteiger partial charge in [0.15, 0.2) is 0 Å². The largest absolute Gasteiger partial charge is 0.491 e. The second-order valence-electron chi connectivity index (χ2n) is 5.20. The number of carbonyl (C=O) groups excluding carboxylic acids is 1. The van der Waals surface area contributed by atoms with Gasteiger partial charge in [-0.2, -0.15) is 0 Å². The number of carbonyl (C=O) groups is 1. The third-order valence-corrected chi connectivity index (χ3v) is 3.99. The minimum atomic E-state index is -0.0964. The van der Waals surface area contributed by atoms with Gasteiger partial charge in [-0.25, -0.2) is 4.98 Å². The van der Waals surface area contributed by atoms with Crippen molar-refractivity contribution in [3.63, 3.8) is 0 Å². The Labute approximate surface area is 134 Å². The van der Waals surface area contributed by atoms with Crippen molar-refractivity contribution in [1.29, 1.82) is 0 Å². The van der Waals surface area contributed by atoms with Gasteiger partial charge >= 0.3 is 0 Å². The molecule has 0 bridgehead atoms. The molecule has 3 heterocycles. The zero-order valence-corrected chi connectivity index (χ0v) is 13.2. The van der Waals surface area contributed by atoms with Gasteiger partial charge in [0, 0.05) is 32.4 Å². The Kier molecular flexibility index (Phi) is 4.38. The van der Waals surface area contributed by atoms with E-state index in [9.17, 15) is 4.79 Å². The summed E-state index contributed by atoms with van der Waals surface area (Å²) in [5.41, 5.74) is 0. The Morgan fingerprint density at radius 3 is 2.55 bits per heavy atom. The fourth-order valence-electron chi connectivity index (χ4n) is 2.56. The van der Waals surface area contributed by atoms with Crippen LogP contribution in [-0.2, 0) is 14.3 Å². The van der Waals surface area contributed by atoms with E-state index in [4.69, 9.17) is 21.1 Å². The van der Waals surface area contributed by atoms with Crippen LogP contribution in [0.15, 0.2) is 29.8 Å². The molecule has 0 unspecified atom stereocenters. The first kappa shape index (κ1) is 15.0. The SMILES string of the molecule is CC1=C(C(=O)N2CCN(c3ccc(Cl)cn3)CC2)OCCO1. The summed E-state index contributed by atoms with van der Waals surface area (Å²) >= 11 is 5.85. The molecule has 1 aromatic heterocycles. The van der Waals surface area contributed by atoms with E-state index in [0.29, 0.717) is 42.8 Å². The maximum Gasteiger partial charge on any atom is 0.292 e. The first-order valence-electron chi connectivity index (χ1n) is 7.27. The molecule has 0 aromatic carbocycles. The van der Waals surface area contributed by atoms with Crippen LogP contribution >= 0.6 is 11.6 Å². The normalized spacial score (nSPS) is 18.8. The number of allylic oxidation sites excluding steroid dienone is 1. The lowest BCUT2D eigenvalue weighted by Gasteiger charge is -2.36. The van der Waals surface area contributed by atoms with Gasteiger partial charge in [-0.15, -0.1) is 0 Å². The molecule has 0 radical (unpaired) electrons. The van der Waals surface area contributed by atoms with Crippen molar-refractivity contribution >= 4 is 23.3 Å². The van der Waals surface area contributed by atoms with Gasteiger partial charge in [-0.1, -0.05) is 11.6 Å². The van der Waals surface area contributed by atoms with Gasteiger partial charge in [-0.3, -0.25) is 4.79 Å². The predicted octanol–water partition coefficient (Wildman–Crippen LogP) is 1.66. The summed E-state index contributed by atoms with van der Waals surface area (Å²) in [5.74, 6) is 1.69. The molecule has 7 heteroatoms. The maximum atomic E-state index is 12.5. The van der Waals surface area contributed by atoms with Crippen LogP contribution in [-0.4, -0.2) is 55.2 Å². The fourth-order valence-corrected chi connectivity index (χ4v) is 2.67. The summed E-state index contributed by atoms with van der Waals surface area (Å²) in [6.45, 7) is 5.40. The van der Waals surface area contributed by atoms with E-state index >= 15 is 0 Å².